The highest BCUT2D eigenvalue weighted by molar-refractivity contribution is 5.46. The average Bonchev–Trinajstić information content (AvgIpc) is 2.82. The molecule has 0 saturated carbocycles. The van der Waals surface area contributed by atoms with Crippen molar-refractivity contribution in [2.75, 3.05) is 0 Å². The zero-order valence-electron chi connectivity index (χ0n) is 12.1. The molecule has 1 atom stereocenters. The van der Waals surface area contributed by atoms with Crippen molar-refractivity contribution in [3.63, 3.8) is 0 Å². The van der Waals surface area contributed by atoms with Crippen molar-refractivity contribution in [1.82, 2.24) is 14.8 Å². The molecule has 0 fully saturated rings. The summed E-state index contributed by atoms with van der Waals surface area (Å²) in [6.07, 6.45) is 4.25. The topological polar surface area (TPSA) is 59.6 Å². The van der Waals surface area contributed by atoms with Gasteiger partial charge in [-0.3, -0.25) is 5.10 Å². The Morgan fingerprint density at radius 2 is 2.16 bits per heavy atom. The molecule has 2 aromatic rings. The molecule has 2 aromatic heterocycles. The van der Waals surface area contributed by atoms with Crippen molar-refractivity contribution in [1.29, 1.82) is 0 Å². The molecule has 0 radical (unpaired) electrons. The van der Waals surface area contributed by atoms with Crippen molar-refractivity contribution < 1.29 is 0 Å². The van der Waals surface area contributed by atoms with Gasteiger partial charge >= 0.3 is 0 Å². The molecule has 1 aliphatic rings. The predicted molar refractivity (Wildman–Crippen MR) is 76.4 cm³/mol. The first-order valence-electron chi connectivity index (χ1n) is 6.87. The number of aromatic amines is 1. The summed E-state index contributed by atoms with van der Waals surface area (Å²) in [6.45, 7) is 8.69. The van der Waals surface area contributed by atoms with Gasteiger partial charge in [-0.15, -0.1) is 0 Å². The summed E-state index contributed by atoms with van der Waals surface area (Å²) in [5.41, 5.74) is 12.5. The molecule has 102 valence electrons. The van der Waals surface area contributed by atoms with Gasteiger partial charge in [0, 0.05) is 17.9 Å². The maximum Gasteiger partial charge on any atom is 0.0892 e. The zero-order valence-corrected chi connectivity index (χ0v) is 12.1. The number of rotatable bonds is 1. The van der Waals surface area contributed by atoms with Crippen molar-refractivity contribution >= 4 is 0 Å². The lowest BCUT2D eigenvalue weighted by atomic mass is 9.74. The van der Waals surface area contributed by atoms with Crippen LogP contribution < -0.4 is 5.73 Å². The lowest BCUT2D eigenvalue weighted by Gasteiger charge is -2.34. The highest BCUT2D eigenvalue weighted by atomic mass is 15.2. The minimum absolute atomic E-state index is 0.146. The summed E-state index contributed by atoms with van der Waals surface area (Å²) >= 11 is 0. The van der Waals surface area contributed by atoms with Crippen molar-refractivity contribution in [2.45, 2.75) is 46.6 Å². The second-order valence-electron chi connectivity index (χ2n) is 6.52. The second kappa shape index (κ2) is 3.97. The first-order valence-corrected chi connectivity index (χ1v) is 6.87. The molecule has 4 heteroatoms. The Kier molecular flexibility index (Phi) is 2.61. The first kappa shape index (κ1) is 12.5. The van der Waals surface area contributed by atoms with Gasteiger partial charge in [-0.1, -0.05) is 13.8 Å². The minimum Gasteiger partial charge on any atom is -0.324 e. The number of nitrogens with one attached hydrogen (secondary N) is 1. The van der Waals surface area contributed by atoms with Crippen molar-refractivity contribution in [2.24, 2.45) is 11.1 Å². The zero-order chi connectivity index (χ0) is 13.8. The highest BCUT2D eigenvalue weighted by Crippen LogP contribution is 2.41. The third-order valence-electron chi connectivity index (χ3n) is 4.18. The molecule has 0 aliphatic heterocycles. The van der Waals surface area contributed by atoms with Crippen LogP contribution >= 0.6 is 0 Å². The van der Waals surface area contributed by atoms with Gasteiger partial charge in [0.2, 0.25) is 0 Å². The van der Waals surface area contributed by atoms with Crippen LogP contribution in [0.4, 0.5) is 0 Å². The summed E-state index contributed by atoms with van der Waals surface area (Å²) in [4.78, 5) is 0. The van der Waals surface area contributed by atoms with E-state index in [9.17, 15) is 0 Å². The molecule has 2 heterocycles. The molecule has 4 nitrogen and oxygen atoms in total. The average molecular weight is 258 g/mol. The van der Waals surface area contributed by atoms with E-state index in [4.69, 9.17) is 5.73 Å². The molecule has 0 saturated heterocycles. The molecule has 1 unspecified atom stereocenters. The number of aryl methyl sites for hydroxylation is 2. The predicted octanol–water partition coefficient (Wildman–Crippen LogP) is 2.79. The van der Waals surface area contributed by atoms with Gasteiger partial charge in [0.05, 0.1) is 17.1 Å². The molecule has 0 amide bonds. The Labute approximate surface area is 114 Å². The molecule has 19 heavy (non-hydrogen) atoms. The lowest BCUT2D eigenvalue weighted by Crippen LogP contribution is -2.30. The number of hydrogen-bond acceptors (Lipinski definition) is 2. The fraction of sp³-hybridized carbons (Fsp3) is 0.533. The van der Waals surface area contributed by atoms with E-state index in [1.165, 1.54) is 16.9 Å². The van der Waals surface area contributed by atoms with E-state index >= 15 is 0 Å². The Morgan fingerprint density at radius 3 is 2.79 bits per heavy atom. The fourth-order valence-corrected chi connectivity index (χ4v) is 3.35. The number of nitrogens with zero attached hydrogens (tertiary/aromatic N) is 2. The van der Waals surface area contributed by atoms with Crippen LogP contribution in [0.25, 0.3) is 5.69 Å². The van der Waals surface area contributed by atoms with E-state index in [-0.39, 0.29) is 11.5 Å². The summed E-state index contributed by atoms with van der Waals surface area (Å²) in [7, 11) is 0. The van der Waals surface area contributed by atoms with Gasteiger partial charge in [0.1, 0.15) is 0 Å². The molecule has 0 aromatic carbocycles. The van der Waals surface area contributed by atoms with E-state index < -0.39 is 0 Å². The van der Waals surface area contributed by atoms with Crippen molar-refractivity contribution in [3.8, 4) is 5.69 Å². The van der Waals surface area contributed by atoms with Gasteiger partial charge in [0.15, 0.2) is 0 Å². The summed E-state index contributed by atoms with van der Waals surface area (Å²) in [5, 5.41) is 7.36. The van der Waals surface area contributed by atoms with Crippen LogP contribution in [-0.2, 0) is 6.42 Å². The van der Waals surface area contributed by atoms with E-state index in [1.807, 2.05) is 6.92 Å². The maximum atomic E-state index is 6.33. The molecule has 3 rings (SSSR count). The summed E-state index contributed by atoms with van der Waals surface area (Å²) in [5.74, 6) is 0. The molecule has 3 N–H and O–H groups in total. The maximum absolute atomic E-state index is 6.33. The van der Waals surface area contributed by atoms with Crippen LogP contribution in [0.1, 0.15) is 49.0 Å². The Hall–Kier alpha value is -1.55. The number of fused-ring (bicyclic) bond motifs is 1. The van der Waals surface area contributed by atoms with E-state index in [2.05, 4.69) is 47.8 Å². The minimum atomic E-state index is 0.146. The Bertz CT molecular complexity index is 599. The quantitative estimate of drug-likeness (QED) is 0.826. The molecule has 0 spiro atoms. The van der Waals surface area contributed by atoms with Crippen molar-refractivity contribution in [3.05, 3.63) is 34.9 Å². The monoisotopic (exact) mass is 258 g/mol. The van der Waals surface area contributed by atoms with Gasteiger partial charge in [-0.25, -0.2) is 0 Å². The van der Waals surface area contributed by atoms with Crippen LogP contribution in [0.15, 0.2) is 12.3 Å². The first-order chi connectivity index (χ1) is 8.89. The van der Waals surface area contributed by atoms with Crippen LogP contribution in [0.2, 0.25) is 0 Å². The number of aromatic nitrogens is 3. The van der Waals surface area contributed by atoms with Gasteiger partial charge < -0.3 is 10.3 Å². The number of hydrogen-bond donors (Lipinski definition) is 2. The molecule has 0 bridgehead atoms. The van der Waals surface area contributed by atoms with Gasteiger partial charge in [-0.2, -0.15) is 5.10 Å². The van der Waals surface area contributed by atoms with Crippen LogP contribution in [0.3, 0.4) is 0 Å². The standard InChI is InChI=1S/C15H22N4/c1-9-14(10(2)18-17-9)19-6-5-11-12(16)7-15(3,4)8-13(11)19/h5-6,12H,7-8,16H2,1-4H3,(H,17,18). The van der Waals surface area contributed by atoms with Crippen LogP contribution in [0.5, 0.6) is 0 Å². The SMILES string of the molecule is Cc1n[nH]c(C)c1-n1ccc2c1CC(C)(C)CC2N. The third kappa shape index (κ3) is 1.91. The van der Waals surface area contributed by atoms with Gasteiger partial charge in [-0.05, 0) is 43.7 Å². The van der Waals surface area contributed by atoms with E-state index in [1.54, 1.807) is 0 Å². The number of nitrogens with two attached hydrogens (primary N) is 1. The Morgan fingerprint density at radius 1 is 1.42 bits per heavy atom. The highest BCUT2D eigenvalue weighted by Gasteiger charge is 2.33. The molecular formula is C15H22N4. The summed E-state index contributed by atoms with van der Waals surface area (Å²) < 4.78 is 2.27. The fourth-order valence-electron chi connectivity index (χ4n) is 3.35. The van der Waals surface area contributed by atoms with E-state index in [0.717, 1.165) is 24.2 Å². The summed E-state index contributed by atoms with van der Waals surface area (Å²) in [6, 6.07) is 2.31. The third-order valence-corrected chi connectivity index (χ3v) is 4.18. The smallest absolute Gasteiger partial charge is 0.0892 e. The largest absolute Gasteiger partial charge is 0.324 e. The second-order valence-corrected chi connectivity index (χ2v) is 6.52. The molecule has 1 aliphatic carbocycles. The van der Waals surface area contributed by atoms with Crippen LogP contribution in [-0.4, -0.2) is 14.8 Å². The number of H-pyrrole nitrogens is 1. The molecular weight excluding hydrogens is 236 g/mol. The normalized spacial score (nSPS) is 21.4. The Balaban J connectivity index is 2.17. The lowest BCUT2D eigenvalue weighted by molar-refractivity contribution is 0.278. The van der Waals surface area contributed by atoms with Crippen LogP contribution in [0, 0.1) is 19.3 Å². The van der Waals surface area contributed by atoms with E-state index in [0.29, 0.717) is 0 Å². The van der Waals surface area contributed by atoms with Gasteiger partial charge in [0.25, 0.3) is 0 Å².